The molecule has 1 unspecified atom stereocenters. The van der Waals surface area contributed by atoms with Crippen LogP contribution in [0.15, 0.2) is 18.2 Å². The maximum absolute atomic E-state index is 12.9. The van der Waals surface area contributed by atoms with Crippen molar-refractivity contribution < 1.29 is 23.5 Å². The van der Waals surface area contributed by atoms with E-state index in [-0.39, 0.29) is 6.42 Å². The number of aromatic nitrogens is 2. The number of hydrogen-bond donors (Lipinski definition) is 3. The molecule has 178 valence electrons. The zero-order chi connectivity index (χ0) is 24.0. The number of nitrogens with one attached hydrogen (secondary N) is 1. The van der Waals surface area contributed by atoms with Crippen LogP contribution in [-0.4, -0.2) is 69.9 Å². The number of hydrogen-bond acceptors (Lipinski definition) is 5. The number of imidazole rings is 1. The molecular formula is C20H27Cl2F2N5O3. The first-order valence-electron chi connectivity index (χ1n) is 9.99. The summed E-state index contributed by atoms with van der Waals surface area (Å²) in [4.78, 5) is 30.3. The highest BCUT2D eigenvalue weighted by Crippen LogP contribution is 2.23. The minimum Gasteiger partial charge on any atom is -0.480 e. The molecule has 0 radical (unpaired) electrons. The van der Waals surface area contributed by atoms with E-state index in [1.807, 2.05) is 23.1 Å². The maximum Gasteiger partial charge on any atom is 0.326 e. The Labute approximate surface area is 194 Å². The fourth-order valence-corrected chi connectivity index (χ4v) is 3.71. The number of carboxylic acids is 1. The Morgan fingerprint density at radius 1 is 1.28 bits per heavy atom. The SMILES string of the molecule is CC(C(F)F)[C@H](NC(=O)[C@@H](N)Cc1nc2cc(N(CCCl)CCCl)ccc2n1C)C(=O)O. The lowest BCUT2D eigenvalue weighted by Gasteiger charge is -2.22. The number of halogens is 4. The average molecular weight is 494 g/mol. The van der Waals surface area contributed by atoms with Gasteiger partial charge in [-0.05, 0) is 18.2 Å². The molecule has 0 aliphatic carbocycles. The van der Waals surface area contributed by atoms with Gasteiger partial charge in [0.2, 0.25) is 12.3 Å². The number of fused-ring (bicyclic) bond motifs is 1. The van der Waals surface area contributed by atoms with Crippen molar-refractivity contribution in [3.8, 4) is 0 Å². The van der Waals surface area contributed by atoms with Crippen LogP contribution in [0.1, 0.15) is 12.7 Å². The molecule has 1 aromatic carbocycles. The zero-order valence-corrected chi connectivity index (χ0v) is 19.3. The minimum atomic E-state index is -2.90. The summed E-state index contributed by atoms with van der Waals surface area (Å²) in [5, 5.41) is 11.3. The number of aliphatic carboxylic acids is 1. The number of benzene rings is 1. The fourth-order valence-electron chi connectivity index (χ4n) is 3.30. The van der Waals surface area contributed by atoms with E-state index in [0.29, 0.717) is 36.2 Å². The summed E-state index contributed by atoms with van der Waals surface area (Å²) in [5.41, 5.74) is 8.32. The van der Waals surface area contributed by atoms with Crippen LogP contribution >= 0.6 is 23.2 Å². The first kappa shape index (κ1) is 26.1. The van der Waals surface area contributed by atoms with Gasteiger partial charge in [-0.25, -0.2) is 18.6 Å². The van der Waals surface area contributed by atoms with Crippen molar-refractivity contribution in [3.05, 3.63) is 24.0 Å². The third-order valence-corrected chi connectivity index (χ3v) is 5.60. The third kappa shape index (κ3) is 6.20. The van der Waals surface area contributed by atoms with Gasteiger partial charge in [0.25, 0.3) is 0 Å². The lowest BCUT2D eigenvalue weighted by atomic mass is 10.0. The molecule has 0 saturated heterocycles. The normalized spacial score (nSPS) is 14.4. The van der Waals surface area contributed by atoms with Gasteiger partial charge < -0.3 is 25.6 Å². The summed E-state index contributed by atoms with van der Waals surface area (Å²) in [6, 6.07) is 2.77. The van der Waals surface area contributed by atoms with E-state index in [1.165, 1.54) is 0 Å². The van der Waals surface area contributed by atoms with Crippen LogP contribution in [0.5, 0.6) is 0 Å². The highest BCUT2D eigenvalue weighted by atomic mass is 35.5. The number of nitrogens with zero attached hydrogens (tertiary/aromatic N) is 3. The van der Waals surface area contributed by atoms with Gasteiger partial charge in [0.15, 0.2) is 0 Å². The summed E-state index contributed by atoms with van der Waals surface area (Å²) in [5.74, 6) is -2.58. The van der Waals surface area contributed by atoms with Gasteiger partial charge in [0, 0.05) is 49.9 Å². The number of alkyl halides is 4. The third-order valence-electron chi connectivity index (χ3n) is 5.26. The molecule has 2 aromatic rings. The second-order valence-electron chi connectivity index (χ2n) is 7.45. The Morgan fingerprint density at radius 3 is 2.44 bits per heavy atom. The van der Waals surface area contributed by atoms with Crippen molar-refractivity contribution in [1.29, 1.82) is 0 Å². The summed E-state index contributed by atoms with van der Waals surface area (Å²) in [6.07, 6.45) is -2.91. The summed E-state index contributed by atoms with van der Waals surface area (Å²) in [7, 11) is 1.77. The van der Waals surface area contributed by atoms with E-state index in [2.05, 4.69) is 10.3 Å². The number of anilines is 1. The van der Waals surface area contributed by atoms with Gasteiger partial charge in [0.1, 0.15) is 11.9 Å². The van der Waals surface area contributed by atoms with E-state index in [1.54, 1.807) is 11.6 Å². The van der Waals surface area contributed by atoms with E-state index in [9.17, 15) is 23.5 Å². The molecule has 4 N–H and O–H groups in total. The molecule has 3 atom stereocenters. The minimum absolute atomic E-state index is 0.00514. The van der Waals surface area contributed by atoms with Crippen molar-refractivity contribution in [2.24, 2.45) is 18.7 Å². The molecule has 8 nitrogen and oxygen atoms in total. The highest BCUT2D eigenvalue weighted by molar-refractivity contribution is 6.18. The van der Waals surface area contributed by atoms with Crippen molar-refractivity contribution in [2.45, 2.75) is 31.9 Å². The van der Waals surface area contributed by atoms with Crippen molar-refractivity contribution in [2.75, 3.05) is 29.7 Å². The van der Waals surface area contributed by atoms with Gasteiger partial charge in [-0.3, -0.25) is 4.79 Å². The largest absolute Gasteiger partial charge is 0.480 e. The molecule has 0 saturated carbocycles. The monoisotopic (exact) mass is 493 g/mol. The number of aryl methyl sites for hydroxylation is 1. The Kier molecular flexibility index (Phi) is 9.47. The van der Waals surface area contributed by atoms with Gasteiger partial charge in [-0.2, -0.15) is 0 Å². The van der Waals surface area contributed by atoms with Crippen molar-refractivity contribution in [1.82, 2.24) is 14.9 Å². The summed E-state index contributed by atoms with van der Waals surface area (Å²) < 4.78 is 27.6. The Hall–Kier alpha value is -2.17. The van der Waals surface area contributed by atoms with Crippen LogP contribution in [0.2, 0.25) is 0 Å². The van der Waals surface area contributed by atoms with Gasteiger partial charge in [-0.15, -0.1) is 23.2 Å². The summed E-state index contributed by atoms with van der Waals surface area (Å²) >= 11 is 11.7. The number of amides is 1. The number of carbonyl (C=O) groups is 2. The number of rotatable bonds is 12. The molecule has 12 heteroatoms. The van der Waals surface area contributed by atoms with Crippen molar-refractivity contribution >= 4 is 51.8 Å². The first-order chi connectivity index (χ1) is 15.1. The molecule has 2 rings (SSSR count). The smallest absolute Gasteiger partial charge is 0.326 e. The molecule has 1 amide bonds. The second kappa shape index (κ2) is 11.6. The van der Waals surface area contributed by atoms with Crippen LogP contribution in [-0.2, 0) is 23.1 Å². The van der Waals surface area contributed by atoms with Crippen LogP contribution in [0, 0.1) is 5.92 Å². The first-order valence-corrected chi connectivity index (χ1v) is 11.1. The van der Waals surface area contributed by atoms with Gasteiger partial charge >= 0.3 is 5.97 Å². The lowest BCUT2D eigenvalue weighted by Crippen LogP contribution is -2.53. The average Bonchev–Trinajstić information content (AvgIpc) is 3.05. The van der Waals surface area contributed by atoms with E-state index >= 15 is 0 Å². The molecule has 1 heterocycles. The van der Waals surface area contributed by atoms with E-state index in [4.69, 9.17) is 28.9 Å². The zero-order valence-electron chi connectivity index (χ0n) is 17.8. The van der Waals surface area contributed by atoms with Crippen LogP contribution in [0.4, 0.5) is 14.5 Å². The lowest BCUT2D eigenvalue weighted by molar-refractivity contribution is -0.145. The predicted molar refractivity (Wildman–Crippen MR) is 121 cm³/mol. The Balaban J connectivity index is 2.19. The standard InChI is InChI=1S/C20H27Cl2F2N5O3/c1-11(18(23)24)17(20(31)32)27-19(30)13(25)10-16-26-14-9-12(3-4-15(14)28(16)2)29(7-5-21)8-6-22/h3-4,9,11,13,17-18H,5-8,10,25H2,1-2H3,(H,27,30)(H,31,32)/t11?,13-,17-/m0/s1. The van der Waals surface area contributed by atoms with Gasteiger partial charge in [0.05, 0.1) is 17.1 Å². The topological polar surface area (TPSA) is 113 Å². The molecule has 0 aliphatic heterocycles. The summed E-state index contributed by atoms with van der Waals surface area (Å²) in [6.45, 7) is 2.29. The number of nitrogens with two attached hydrogens (primary N) is 1. The molecule has 1 aromatic heterocycles. The van der Waals surface area contributed by atoms with Gasteiger partial charge in [-0.1, -0.05) is 6.92 Å². The van der Waals surface area contributed by atoms with E-state index in [0.717, 1.165) is 18.1 Å². The fraction of sp³-hybridized carbons (Fsp3) is 0.550. The second-order valence-corrected chi connectivity index (χ2v) is 8.21. The maximum atomic E-state index is 12.9. The molecule has 0 aliphatic rings. The molecular weight excluding hydrogens is 467 g/mol. The number of carboxylic acid groups (broad SMARTS) is 1. The highest BCUT2D eigenvalue weighted by Gasteiger charge is 2.34. The number of carbonyl (C=O) groups excluding carboxylic acids is 1. The Bertz CT molecular complexity index is 937. The Morgan fingerprint density at radius 2 is 1.91 bits per heavy atom. The van der Waals surface area contributed by atoms with Crippen LogP contribution in [0.3, 0.4) is 0 Å². The quantitative estimate of drug-likeness (QED) is 0.390. The molecule has 0 spiro atoms. The molecule has 0 fully saturated rings. The van der Waals surface area contributed by atoms with Crippen LogP contribution < -0.4 is 16.0 Å². The van der Waals surface area contributed by atoms with Crippen molar-refractivity contribution in [3.63, 3.8) is 0 Å². The molecule has 32 heavy (non-hydrogen) atoms. The van der Waals surface area contributed by atoms with E-state index < -0.39 is 36.3 Å². The predicted octanol–water partition coefficient (Wildman–Crippen LogP) is 2.20. The van der Waals surface area contributed by atoms with Crippen LogP contribution in [0.25, 0.3) is 11.0 Å². The molecule has 0 bridgehead atoms.